The molecule has 4 heteroatoms. The van der Waals surface area contributed by atoms with Crippen LogP contribution in [0.4, 0.5) is 0 Å². The Balaban J connectivity index is 2.71. The van der Waals surface area contributed by atoms with Gasteiger partial charge in [0, 0.05) is 6.04 Å². The third-order valence-corrected chi connectivity index (χ3v) is 2.88. The van der Waals surface area contributed by atoms with Crippen molar-refractivity contribution < 1.29 is 9.47 Å². The lowest BCUT2D eigenvalue weighted by Gasteiger charge is -2.15. The van der Waals surface area contributed by atoms with Crippen molar-refractivity contribution in [2.24, 2.45) is 11.5 Å². The summed E-state index contributed by atoms with van der Waals surface area (Å²) >= 11 is 0. The van der Waals surface area contributed by atoms with Crippen LogP contribution in [0.1, 0.15) is 37.8 Å². The van der Waals surface area contributed by atoms with Gasteiger partial charge in [0.1, 0.15) is 0 Å². The number of rotatable bonds is 8. The van der Waals surface area contributed by atoms with Crippen LogP contribution in [-0.2, 0) is 0 Å². The first-order chi connectivity index (χ1) is 8.72. The van der Waals surface area contributed by atoms with Gasteiger partial charge in [-0.3, -0.25) is 0 Å². The van der Waals surface area contributed by atoms with E-state index in [-0.39, 0.29) is 6.04 Å². The number of nitrogens with two attached hydrogens (primary N) is 2. The number of hydrogen-bond donors (Lipinski definition) is 2. The normalized spacial score (nSPS) is 12.2. The highest BCUT2D eigenvalue weighted by Gasteiger charge is 2.10. The van der Waals surface area contributed by atoms with E-state index in [0.717, 1.165) is 42.9 Å². The summed E-state index contributed by atoms with van der Waals surface area (Å²) in [5.41, 5.74) is 12.7. The second-order valence-corrected chi connectivity index (χ2v) is 4.23. The van der Waals surface area contributed by atoms with Crippen molar-refractivity contribution in [3.8, 4) is 11.5 Å². The number of hydrogen-bond acceptors (Lipinski definition) is 4. The summed E-state index contributed by atoms with van der Waals surface area (Å²) in [5.74, 6) is 1.50. The van der Waals surface area contributed by atoms with Gasteiger partial charge in [0.15, 0.2) is 11.5 Å². The van der Waals surface area contributed by atoms with Gasteiger partial charge >= 0.3 is 0 Å². The quantitative estimate of drug-likeness (QED) is 0.696. The highest BCUT2D eigenvalue weighted by atomic mass is 16.5. The molecule has 0 unspecified atom stereocenters. The summed E-state index contributed by atoms with van der Waals surface area (Å²) < 4.78 is 10.8. The summed E-state index contributed by atoms with van der Waals surface area (Å²) in [7, 11) is 1.64. The van der Waals surface area contributed by atoms with Gasteiger partial charge in [-0.1, -0.05) is 12.5 Å². The zero-order valence-corrected chi connectivity index (χ0v) is 11.3. The van der Waals surface area contributed by atoms with Crippen molar-refractivity contribution in [2.45, 2.75) is 32.2 Å². The molecule has 18 heavy (non-hydrogen) atoms. The summed E-state index contributed by atoms with van der Waals surface area (Å²) in [6.45, 7) is 3.30. The number of unbranched alkanes of at least 4 members (excludes halogenated alkanes) is 1. The maximum atomic E-state index is 6.15. The Kier molecular flexibility index (Phi) is 6.54. The van der Waals surface area contributed by atoms with Crippen LogP contribution in [-0.4, -0.2) is 20.3 Å². The summed E-state index contributed by atoms with van der Waals surface area (Å²) in [6.07, 6.45) is 3.00. The van der Waals surface area contributed by atoms with Gasteiger partial charge in [-0.2, -0.15) is 0 Å². The van der Waals surface area contributed by atoms with Gasteiger partial charge in [0.2, 0.25) is 0 Å². The molecule has 0 heterocycles. The maximum Gasteiger partial charge on any atom is 0.161 e. The van der Waals surface area contributed by atoms with Gasteiger partial charge in [0.25, 0.3) is 0 Å². The van der Waals surface area contributed by atoms with E-state index in [4.69, 9.17) is 20.9 Å². The monoisotopic (exact) mass is 252 g/mol. The molecule has 102 valence electrons. The molecule has 1 atom stereocenters. The van der Waals surface area contributed by atoms with Crippen LogP contribution in [0.3, 0.4) is 0 Å². The molecule has 1 aromatic carbocycles. The van der Waals surface area contributed by atoms with E-state index in [2.05, 4.69) is 0 Å². The van der Waals surface area contributed by atoms with Crippen molar-refractivity contribution in [3.63, 3.8) is 0 Å². The summed E-state index contributed by atoms with van der Waals surface area (Å²) in [4.78, 5) is 0. The Bertz CT molecular complexity index is 356. The fraction of sp³-hybridized carbons (Fsp3) is 0.571. The molecule has 0 aromatic heterocycles. The van der Waals surface area contributed by atoms with Crippen molar-refractivity contribution in [2.75, 3.05) is 20.3 Å². The van der Waals surface area contributed by atoms with Crippen LogP contribution in [0.2, 0.25) is 0 Å². The van der Waals surface area contributed by atoms with Crippen LogP contribution < -0.4 is 20.9 Å². The van der Waals surface area contributed by atoms with E-state index in [1.807, 2.05) is 25.1 Å². The van der Waals surface area contributed by atoms with E-state index in [0.29, 0.717) is 6.61 Å². The van der Waals surface area contributed by atoms with Gasteiger partial charge in [-0.15, -0.1) is 0 Å². The average molecular weight is 252 g/mol. The molecular formula is C14H24N2O2. The minimum Gasteiger partial charge on any atom is -0.493 e. The molecule has 4 N–H and O–H groups in total. The Hall–Kier alpha value is -1.26. The van der Waals surface area contributed by atoms with Crippen LogP contribution >= 0.6 is 0 Å². The number of methoxy groups -OCH3 is 1. The van der Waals surface area contributed by atoms with E-state index in [9.17, 15) is 0 Å². The molecule has 0 saturated heterocycles. The van der Waals surface area contributed by atoms with Gasteiger partial charge < -0.3 is 20.9 Å². The minimum absolute atomic E-state index is 0.0288. The van der Waals surface area contributed by atoms with Crippen molar-refractivity contribution in [1.29, 1.82) is 0 Å². The summed E-state index contributed by atoms with van der Waals surface area (Å²) in [5, 5.41) is 0. The Morgan fingerprint density at radius 2 is 2.00 bits per heavy atom. The first kappa shape index (κ1) is 14.8. The fourth-order valence-electron chi connectivity index (χ4n) is 1.86. The molecule has 0 spiro atoms. The Labute approximate surface area is 109 Å². The standard InChI is InChI=1S/C14H24N2O2/c1-3-18-13-8-7-11(10-14(13)17-2)12(16)6-4-5-9-15/h7-8,10,12H,3-6,9,15-16H2,1-2H3/t12-/m1/s1. The van der Waals surface area contributed by atoms with Gasteiger partial charge in [-0.05, 0) is 44.0 Å². The third-order valence-electron chi connectivity index (χ3n) is 2.88. The van der Waals surface area contributed by atoms with E-state index >= 15 is 0 Å². The Morgan fingerprint density at radius 3 is 2.61 bits per heavy atom. The number of ether oxygens (including phenoxy) is 2. The smallest absolute Gasteiger partial charge is 0.161 e. The van der Waals surface area contributed by atoms with Crippen LogP contribution in [0.25, 0.3) is 0 Å². The van der Waals surface area contributed by atoms with E-state index in [1.54, 1.807) is 7.11 Å². The van der Waals surface area contributed by atoms with E-state index in [1.165, 1.54) is 0 Å². The number of benzene rings is 1. The molecule has 0 aliphatic rings. The van der Waals surface area contributed by atoms with Gasteiger partial charge in [-0.25, -0.2) is 0 Å². The highest BCUT2D eigenvalue weighted by molar-refractivity contribution is 5.43. The molecule has 1 aromatic rings. The highest BCUT2D eigenvalue weighted by Crippen LogP contribution is 2.30. The van der Waals surface area contributed by atoms with E-state index < -0.39 is 0 Å². The largest absolute Gasteiger partial charge is 0.493 e. The Morgan fingerprint density at radius 1 is 1.22 bits per heavy atom. The van der Waals surface area contributed by atoms with Crippen LogP contribution in [0, 0.1) is 0 Å². The molecule has 1 rings (SSSR count). The van der Waals surface area contributed by atoms with Crippen molar-refractivity contribution >= 4 is 0 Å². The SMILES string of the molecule is CCOc1ccc([C@H](N)CCCCN)cc1OC. The summed E-state index contributed by atoms with van der Waals surface area (Å²) in [6, 6.07) is 5.90. The molecule has 0 radical (unpaired) electrons. The molecule has 0 aliphatic carbocycles. The molecule has 0 fully saturated rings. The molecule has 0 aliphatic heterocycles. The predicted octanol–water partition coefficient (Wildman–Crippen LogP) is 2.22. The predicted molar refractivity (Wildman–Crippen MR) is 74.0 cm³/mol. The van der Waals surface area contributed by atoms with Gasteiger partial charge in [0.05, 0.1) is 13.7 Å². The minimum atomic E-state index is 0.0288. The van der Waals surface area contributed by atoms with Crippen LogP contribution in [0.15, 0.2) is 18.2 Å². The fourth-order valence-corrected chi connectivity index (χ4v) is 1.86. The molecule has 4 nitrogen and oxygen atoms in total. The molecule has 0 bridgehead atoms. The maximum absolute atomic E-state index is 6.15. The second kappa shape index (κ2) is 7.95. The zero-order chi connectivity index (χ0) is 13.4. The lowest BCUT2D eigenvalue weighted by Crippen LogP contribution is -2.11. The molecule has 0 amide bonds. The average Bonchev–Trinajstić information content (AvgIpc) is 2.39. The molecule has 0 saturated carbocycles. The third kappa shape index (κ3) is 4.20. The molecular weight excluding hydrogens is 228 g/mol. The van der Waals surface area contributed by atoms with Crippen molar-refractivity contribution in [3.05, 3.63) is 23.8 Å². The lowest BCUT2D eigenvalue weighted by molar-refractivity contribution is 0.310. The first-order valence-corrected chi connectivity index (χ1v) is 6.49. The zero-order valence-electron chi connectivity index (χ0n) is 11.3. The lowest BCUT2D eigenvalue weighted by atomic mass is 10.0. The topological polar surface area (TPSA) is 70.5 Å². The van der Waals surface area contributed by atoms with Crippen molar-refractivity contribution in [1.82, 2.24) is 0 Å². The second-order valence-electron chi connectivity index (χ2n) is 4.23. The first-order valence-electron chi connectivity index (χ1n) is 6.49. The van der Waals surface area contributed by atoms with Crippen LogP contribution in [0.5, 0.6) is 11.5 Å².